The molecule has 0 spiro atoms. The van der Waals surface area contributed by atoms with E-state index in [1.54, 1.807) is 11.8 Å². The van der Waals surface area contributed by atoms with Crippen molar-refractivity contribution in [3.63, 3.8) is 0 Å². The van der Waals surface area contributed by atoms with Crippen LogP contribution in [0, 0.1) is 0 Å². The van der Waals surface area contributed by atoms with Gasteiger partial charge in [0.05, 0.1) is 0 Å². The van der Waals surface area contributed by atoms with E-state index in [0.717, 1.165) is 28.7 Å². The van der Waals surface area contributed by atoms with Crippen molar-refractivity contribution in [2.24, 2.45) is 5.73 Å². The second kappa shape index (κ2) is 7.60. The van der Waals surface area contributed by atoms with E-state index in [9.17, 15) is 8.42 Å². The van der Waals surface area contributed by atoms with Gasteiger partial charge in [-0.2, -0.15) is 11.8 Å². The van der Waals surface area contributed by atoms with Gasteiger partial charge in [-0.25, -0.2) is 13.1 Å². The quantitative estimate of drug-likeness (QED) is 0.722. The molecule has 0 aliphatic rings. The van der Waals surface area contributed by atoms with Crippen molar-refractivity contribution in [1.82, 2.24) is 4.72 Å². The summed E-state index contributed by atoms with van der Waals surface area (Å²) in [7, 11) is -3.50. The zero-order valence-electron chi connectivity index (χ0n) is 12.0. The highest BCUT2D eigenvalue weighted by Gasteiger charge is 2.23. The maximum atomic E-state index is 12.6. The van der Waals surface area contributed by atoms with Gasteiger partial charge in [-0.3, -0.25) is 0 Å². The van der Waals surface area contributed by atoms with E-state index in [1.165, 1.54) is 11.3 Å². The molecule has 0 radical (unpaired) electrons. The highest BCUT2D eigenvalue weighted by Crippen LogP contribution is 2.34. The molecule has 116 valence electrons. The molecule has 1 aromatic carbocycles. The fraction of sp³-hybridized carbons (Fsp3) is 0.429. The number of fused-ring (bicyclic) bond motifs is 1. The van der Waals surface area contributed by atoms with Crippen molar-refractivity contribution < 1.29 is 8.42 Å². The smallest absolute Gasteiger partial charge is 0.242 e. The number of hydrogen-bond donors (Lipinski definition) is 2. The Balaban J connectivity index is 2.23. The molecule has 0 aliphatic carbocycles. The number of unbranched alkanes of at least 4 members (excludes halogenated alkanes) is 1. The molecular formula is C14H20N2O2S3. The zero-order valence-corrected chi connectivity index (χ0v) is 14.4. The monoisotopic (exact) mass is 344 g/mol. The minimum absolute atomic E-state index is 0.238. The van der Waals surface area contributed by atoms with Gasteiger partial charge in [-0.1, -0.05) is 18.2 Å². The summed E-state index contributed by atoms with van der Waals surface area (Å²) >= 11 is 3.22. The van der Waals surface area contributed by atoms with Gasteiger partial charge in [0.1, 0.15) is 4.90 Å². The number of nitrogens with one attached hydrogen (secondary N) is 1. The average Bonchev–Trinajstić information content (AvgIpc) is 2.86. The van der Waals surface area contributed by atoms with E-state index < -0.39 is 10.0 Å². The first kappa shape index (κ1) is 16.8. The molecule has 0 saturated carbocycles. The van der Waals surface area contributed by atoms with Crippen molar-refractivity contribution in [1.29, 1.82) is 0 Å². The molecule has 7 heteroatoms. The zero-order chi connectivity index (χ0) is 15.3. The van der Waals surface area contributed by atoms with E-state index in [0.29, 0.717) is 16.3 Å². The van der Waals surface area contributed by atoms with Crippen LogP contribution in [0.2, 0.25) is 0 Å². The second-order valence-electron chi connectivity index (χ2n) is 4.65. The van der Waals surface area contributed by atoms with Gasteiger partial charge in [0.25, 0.3) is 0 Å². The Morgan fingerprint density at radius 3 is 2.76 bits per heavy atom. The van der Waals surface area contributed by atoms with Crippen LogP contribution in [0.15, 0.2) is 29.2 Å². The summed E-state index contributed by atoms with van der Waals surface area (Å²) < 4.78 is 28.8. The predicted molar refractivity (Wildman–Crippen MR) is 92.5 cm³/mol. The summed E-state index contributed by atoms with van der Waals surface area (Å²) in [6.07, 6.45) is 3.91. The fourth-order valence-electron chi connectivity index (χ4n) is 2.15. The molecule has 1 aromatic heterocycles. The molecule has 0 aliphatic heterocycles. The topological polar surface area (TPSA) is 72.2 Å². The molecule has 1 heterocycles. The molecule has 0 amide bonds. The van der Waals surface area contributed by atoms with Gasteiger partial charge in [0.2, 0.25) is 10.0 Å². The summed E-state index contributed by atoms with van der Waals surface area (Å²) in [6, 6.07) is 7.53. The van der Waals surface area contributed by atoms with Crippen molar-refractivity contribution in [2.75, 3.05) is 18.6 Å². The molecule has 2 rings (SSSR count). The number of sulfonamides is 1. The first-order valence-electron chi connectivity index (χ1n) is 6.79. The van der Waals surface area contributed by atoms with Crippen LogP contribution < -0.4 is 10.5 Å². The highest BCUT2D eigenvalue weighted by atomic mass is 32.2. The lowest BCUT2D eigenvalue weighted by Crippen LogP contribution is -2.25. The van der Waals surface area contributed by atoms with Crippen molar-refractivity contribution in [3.05, 3.63) is 29.1 Å². The first-order valence-corrected chi connectivity index (χ1v) is 10.5. The number of thioether (sulfide) groups is 1. The van der Waals surface area contributed by atoms with Gasteiger partial charge in [0, 0.05) is 28.1 Å². The minimum Gasteiger partial charge on any atom is -0.326 e. The molecule has 0 atom stereocenters. The maximum Gasteiger partial charge on any atom is 0.242 e. The van der Waals surface area contributed by atoms with Gasteiger partial charge in [-0.05, 0) is 30.9 Å². The third-order valence-electron chi connectivity index (χ3n) is 3.14. The van der Waals surface area contributed by atoms with Crippen LogP contribution >= 0.6 is 23.1 Å². The Bertz CT molecular complexity index is 695. The summed E-state index contributed by atoms with van der Waals surface area (Å²) in [5, 5.41) is 0.763. The van der Waals surface area contributed by atoms with E-state index in [1.807, 2.05) is 24.3 Å². The van der Waals surface area contributed by atoms with Gasteiger partial charge in [-0.15, -0.1) is 11.3 Å². The SMILES string of the molecule is CSCCCCNS(=O)(=O)c1c(CN)sc2ccccc12. The van der Waals surface area contributed by atoms with Crippen molar-refractivity contribution >= 4 is 43.2 Å². The normalized spacial score (nSPS) is 12.1. The van der Waals surface area contributed by atoms with Crippen LogP contribution in [0.4, 0.5) is 0 Å². The average molecular weight is 345 g/mol. The van der Waals surface area contributed by atoms with E-state index in [2.05, 4.69) is 11.0 Å². The standard InChI is InChI=1S/C14H20N2O2S3/c1-19-9-5-4-8-16-21(17,18)14-11-6-2-3-7-12(11)20-13(14)10-15/h2-3,6-7,16H,4-5,8-10,15H2,1H3. The maximum absolute atomic E-state index is 12.6. The van der Waals surface area contributed by atoms with Crippen LogP contribution in [0.25, 0.3) is 10.1 Å². The fourth-order valence-corrected chi connectivity index (χ4v) is 5.55. The Labute approximate surface area is 134 Å². The Hall–Kier alpha value is -0.600. The lowest BCUT2D eigenvalue weighted by molar-refractivity contribution is 0.579. The summed E-state index contributed by atoms with van der Waals surface area (Å²) in [5.41, 5.74) is 5.72. The summed E-state index contributed by atoms with van der Waals surface area (Å²) in [4.78, 5) is 1.07. The molecule has 21 heavy (non-hydrogen) atoms. The first-order chi connectivity index (χ1) is 10.1. The Morgan fingerprint density at radius 2 is 2.05 bits per heavy atom. The number of thiophene rings is 1. The number of hydrogen-bond acceptors (Lipinski definition) is 5. The van der Waals surface area contributed by atoms with Gasteiger partial charge in [0.15, 0.2) is 0 Å². The van der Waals surface area contributed by atoms with Crippen molar-refractivity contribution in [3.8, 4) is 0 Å². The molecule has 0 bridgehead atoms. The number of benzene rings is 1. The molecule has 0 unspecified atom stereocenters. The second-order valence-corrected chi connectivity index (χ2v) is 8.48. The lowest BCUT2D eigenvalue weighted by Gasteiger charge is -2.07. The van der Waals surface area contributed by atoms with E-state index in [4.69, 9.17) is 5.73 Å². The third-order valence-corrected chi connectivity index (χ3v) is 6.75. The van der Waals surface area contributed by atoms with Crippen LogP contribution in [0.1, 0.15) is 17.7 Å². The highest BCUT2D eigenvalue weighted by molar-refractivity contribution is 7.98. The molecule has 4 nitrogen and oxygen atoms in total. The van der Waals surface area contributed by atoms with Gasteiger partial charge >= 0.3 is 0 Å². The van der Waals surface area contributed by atoms with Crippen LogP contribution in [0.5, 0.6) is 0 Å². The number of rotatable bonds is 8. The van der Waals surface area contributed by atoms with Crippen LogP contribution in [0.3, 0.4) is 0 Å². The molecule has 0 saturated heterocycles. The summed E-state index contributed by atoms with van der Waals surface area (Å²) in [6.45, 7) is 0.707. The van der Waals surface area contributed by atoms with E-state index >= 15 is 0 Å². The van der Waals surface area contributed by atoms with Crippen LogP contribution in [-0.2, 0) is 16.6 Å². The number of nitrogens with two attached hydrogens (primary N) is 1. The predicted octanol–water partition coefficient (Wildman–Crippen LogP) is 2.78. The largest absolute Gasteiger partial charge is 0.326 e. The lowest BCUT2D eigenvalue weighted by atomic mass is 10.2. The van der Waals surface area contributed by atoms with Crippen LogP contribution in [-0.4, -0.2) is 27.0 Å². The Morgan fingerprint density at radius 1 is 1.29 bits per heavy atom. The molecule has 3 N–H and O–H groups in total. The minimum atomic E-state index is -3.50. The Kier molecular flexibility index (Phi) is 6.07. The molecular weight excluding hydrogens is 324 g/mol. The third kappa shape index (κ3) is 3.98. The molecule has 0 fully saturated rings. The van der Waals surface area contributed by atoms with Crippen molar-refractivity contribution in [2.45, 2.75) is 24.3 Å². The summed E-state index contributed by atoms with van der Waals surface area (Å²) in [5.74, 6) is 1.05. The van der Waals surface area contributed by atoms with Gasteiger partial charge < -0.3 is 5.73 Å². The van der Waals surface area contributed by atoms with E-state index in [-0.39, 0.29) is 6.54 Å². The molecule has 2 aromatic rings.